The van der Waals surface area contributed by atoms with E-state index >= 15 is 0 Å². The molecule has 0 radical (unpaired) electrons. The van der Waals surface area contributed by atoms with Crippen LogP contribution >= 0.6 is 11.3 Å². The Balaban J connectivity index is 2.34. The molecule has 22 heavy (non-hydrogen) atoms. The summed E-state index contributed by atoms with van der Waals surface area (Å²) in [5.74, 6) is 0. The Hall–Kier alpha value is -2.12. The van der Waals surface area contributed by atoms with Crippen LogP contribution < -0.4 is 0 Å². The largest absolute Gasteiger partial charge is 0.135 e. The van der Waals surface area contributed by atoms with Gasteiger partial charge in [0.2, 0.25) is 0 Å². The fraction of sp³-hybridized carbons (Fsp3) is 0.143. The van der Waals surface area contributed by atoms with Crippen LogP contribution in [0.1, 0.15) is 26.3 Å². The summed E-state index contributed by atoms with van der Waals surface area (Å²) in [5.41, 5.74) is 4.91. The monoisotopic (exact) mass is 304 g/mol. The van der Waals surface area contributed by atoms with Gasteiger partial charge >= 0.3 is 0 Å². The zero-order valence-corrected chi connectivity index (χ0v) is 14.1. The summed E-state index contributed by atoms with van der Waals surface area (Å²) in [7, 11) is 0. The molecule has 0 aliphatic heterocycles. The second kappa shape index (κ2) is 5.94. The number of fused-ring (bicyclic) bond motifs is 3. The lowest BCUT2D eigenvalue weighted by Gasteiger charge is -2.06. The molecule has 2 aromatic carbocycles. The number of rotatable bonds is 3. The molecule has 3 aromatic rings. The highest BCUT2D eigenvalue weighted by atomic mass is 32.1. The van der Waals surface area contributed by atoms with E-state index in [1.807, 2.05) is 18.3 Å². The Morgan fingerprint density at radius 3 is 2.36 bits per heavy atom. The molecule has 0 unspecified atom stereocenters. The molecule has 1 aromatic heterocycles. The number of hydrogen-bond donors (Lipinski definition) is 0. The Bertz CT molecular complexity index is 915. The van der Waals surface area contributed by atoms with Gasteiger partial charge in [0.25, 0.3) is 0 Å². The van der Waals surface area contributed by atoms with Gasteiger partial charge in [-0.3, -0.25) is 0 Å². The number of thiophene rings is 1. The normalized spacial score (nSPS) is 11.9. The number of hydrogen-bond acceptors (Lipinski definition) is 1. The fourth-order valence-corrected chi connectivity index (χ4v) is 3.99. The lowest BCUT2D eigenvalue weighted by Crippen LogP contribution is -1.84. The van der Waals surface area contributed by atoms with Crippen molar-refractivity contribution in [1.29, 1.82) is 0 Å². The van der Waals surface area contributed by atoms with E-state index in [4.69, 9.17) is 0 Å². The molecule has 110 valence electrons. The summed E-state index contributed by atoms with van der Waals surface area (Å²) in [6.45, 7) is 10.4. The van der Waals surface area contributed by atoms with Gasteiger partial charge in [-0.05, 0) is 38.0 Å². The van der Waals surface area contributed by atoms with Crippen molar-refractivity contribution >= 4 is 37.1 Å². The molecule has 0 spiro atoms. The van der Waals surface area contributed by atoms with Crippen molar-refractivity contribution in [2.24, 2.45) is 0 Å². The predicted octanol–water partition coefficient (Wildman–Crippen LogP) is 6.98. The van der Waals surface area contributed by atoms with Crippen molar-refractivity contribution in [3.05, 3.63) is 77.9 Å². The van der Waals surface area contributed by atoms with Crippen molar-refractivity contribution in [3.8, 4) is 0 Å². The summed E-state index contributed by atoms with van der Waals surface area (Å²) in [6.07, 6.45) is 4.42. The quantitative estimate of drug-likeness (QED) is 0.458. The third-order valence-corrected chi connectivity index (χ3v) is 4.78. The van der Waals surface area contributed by atoms with E-state index in [1.54, 1.807) is 0 Å². The van der Waals surface area contributed by atoms with Crippen molar-refractivity contribution in [3.63, 3.8) is 0 Å². The average molecular weight is 304 g/mol. The van der Waals surface area contributed by atoms with E-state index in [0.717, 1.165) is 5.57 Å². The molecule has 0 saturated heterocycles. The lowest BCUT2D eigenvalue weighted by molar-refractivity contribution is 1.39. The van der Waals surface area contributed by atoms with Gasteiger partial charge in [-0.15, -0.1) is 11.3 Å². The highest BCUT2D eigenvalue weighted by Crippen LogP contribution is 2.38. The standard InChI is InChI=1S/C21H20S/c1-14(2)12-16(13-15(3)4)17-9-7-10-19-18-8-5-6-11-20(18)22-21(17)19/h5-13H,1H2,2-4H3/b16-12+. The van der Waals surface area contributed by atoms with Crippen LogP contribution in [0.25, 0.3) is 25.7 Å². The van der Waals surface area contributed by atoms with Gasteiger partial charge in [0, 0.05) is 20.2 Å². The van der Waals surface area contributed by atoms with E-state index < -0.39 is 0 Å². The maximum Gasteiger partial charge on any atom is 0.0433 e. The Kier molecular flexibility index (Phi) is 4.00. The zero-order chi connectivity index (χ0) is 15.7. The molecule has 3 rings (SSSR count). The van der Waals surface area contributed by atoms with Gasteiger partial charge < -0.3 is 0 Å². The van der Waals surface area contributed by atoms with E-state index in [0.29, 0.717) is 0 Å². The second-order valence-corrected chi connectivity index (χ2v) is 7.00. The zero-order valence-electron chi connectivity index (χ0n) is 13.3. The molecule has 0 amide bonds. The molecular formula is C21H20S. The van der Waals surface area contributed by atoms with Crippen molar-refractivity contribution < 1.29 is 0 Å². The molecule has 0 aliphatic rings. The highest BCUT2D eigenvalue weighted by Gasteiger charge is 2.10. The SMILES string of the molecule is C=C(C)/C=C(\C=C(C)C)c1cccc2c1sc1ccccc12. The molecule has 1 heteroatoms. The van der Waals surface area contributed by atoms with Crippen LogP contribution in [-0.2, 0) is 0 Å². The molecule has 0 atom stereocenters. The predicted molar refractivity (Wildman–Crippen MR) is 102 cm³/mol. The maximum atomic E-state index is 4.05. The van der Waals surface area contributed by atoms with Gasteiger partial charge in [0.15, 0.2) is 0 Å². The summed E-state index contributed by atoms with van der Waals surface area (Å²) in [6, 6.07) is 15.2. The van der Waals surface area contributed by atoms with E-state index in [2.05, 4.69) is 75.0 Å². The van der Waals surface area contributed by atoms with Crippen LogP contribution in [-0.4, -0.2) is 0 Å². The van der Waals surface area contributed by atoms with Crippen molar-refractivity contribution in [2.75, 3.05) is 0 Å². The summed E-state index contributed by atoms with van der Waals surface area (Å²) in [5, 5.41) is 2.68. The molecular weight excluding hydrogens is 284 g/mol. The second-order valence-electron chi connectivity index (χ2n) is 5.95. The van der Waals surface area contributed by atoms with Gasteiger partial charge in [-0.25, -0.2) is 0 Å². The molecule has 0 saturated carbocycles. The molecule has 0 fully saturated rings. The average Bonchev–Trinajstić information content (AvgIpc) is 2.84. The van der Waals surface area contributed by atoms with Gasteiger partial charge in [-0.1, -0.05) is 66.3 Å². The van der Waals surface area contributed by atoms with Gasteiger partial charge in [0.05, 0.1) is 0 Å². The summed E-state index contributed by atoms with van der Waals surface area (Å²) in [4.78, 5) is 0. The summed E-state index contributed by atoms with van der Waals surface area (Å²) < 4.78 is 2.70. The van der Waals surface area contributed by atoms with Crippen LogP contribution in [0, 0.1) is 0 Å². The molecule has 0 bridgehead atoms. The maximum absolute atomic E-state index is 4.05. The minimum atomic E-state index is 1.07. The van der Waals surface area contributed by atoms with E-state index in [1.165, 1.54) is 36.9 Å². The smallest absolute Gasteiger partial charge is 0.0433 e. The van der Waals surface area contributed by atoms with Crippen LogP contribution in [0.5, 0.6) is 0 Å². The highest BCUT2D eigenvalue weighted by molar-refractivity contribution is 7.26. The Morgan fingerprint density at radius 1 is 0.909 bits per heavy atom. The first-order chi connectivity index (χ1) is 10.6. The lowest BCUT2D eigenvalue weighted by atomic mass is 9.99. The van der Waals surface area contributed by atoms with Crippen molar-refractivity contribution in [1.82, 2.24) is 0 Å². The van der Waals surface area contributed by atoms with Crippen LogP contribution in [0.3, 0.4) is 0 Å². The third kappa shape index (κ3) is 2.77. The van der Waals surface area contributed by atoms with E-state index in [9.17, 15) is 0 Å². The fourth-order valence-electron chi connectivity index (χ4n) is 2.75. The van der Waals surface area contributed by atoms with Crippen molar-refractivity contribution in [2.45, 2.75) is 20.8 Å². The molecule has 0 nitrogen and oxygen atoms in total. The third-order valence-electron chi connectivity index (χ3n) is 3.56. The number of allylic oxidation sites excluding steroid dienone is 5. The minimum Gasteiger partial charge on any atom is -0.135 e. The van der Waals surface area contributed by atoms with Gasteiger partial charge in [-0.2, -0.15) is 0 Å². The number of benzene rings is 2. The molecule has 1 heterocycles. The first-order valence-electron chi connectivity index (χ1n) is 7.49. The molecule has 0 aliphatic carbocycles. The first kappa shape index (κ1) is 14.8. The summed E-state index contributed by atoms with van der Waals surface area (Å²) >= 11 is 1.87. The minimum absolute atomic E-state index is 1.07. The first-order valence-corrected chi connectivity index (χ1v) is 8.30. The molecule has 0 N–H and O–H groups in total. The topological polar surface area (TPSA) is 0 Å². The van der Waals surface area contributed by atoms with E-state index in [-0.39, 0.29) is 0 Å². The van der Waals surface area contributed by atoms with Gasteiger partial charge in [0.1, 0.15) is 0 Å². The Labute approximate surface area is 136 Å². The van der Waals surface area contributed by atoms with Crippen LogP contribution in [0.4, 0.5) is 0 Å². The van der Waals surface area contributed by atoms with Crippen LogP contribution in [0.2, 0.25) is 0 Å². The Morgan fingerprint density at radius 2 is 1.64 bits per heavy atom. The van der Waals surface area contributed by atoms with Crippen LogP contribution in [0.15, 0.2) is 72.3 Å².